The average molecular weight is 235 g/mol. The van der Waals surface area contributed by atoms with Crippen LogP contribution in [0.1, 0.15) is 24.0 Å². The Labute approximate surface area is 103 Å². The van der Waals surface area contributed by atoms with Crippen LogP contribution in [0.5, 0.6) is 5.75 Å². The topological polar surface area (TPSA) is 41.5 Å². The molecule has 17 heavy (non-hydrogen) atoms. The molecule has 1 saturated heterocycles. The van der Waals surface area contributed by atoms with Crippen molar-refractivity contribution < 1.29 is 9.84 Å². The van der Waals surface area contributed by atoms with E-state index in [9.17, 15) is 5.11 Å². The van der Waals surface area contributed by atoms with E-state index in [1.54, 1.807) is 6.07 Å². The second-order valence-electron chi connectivity index (χ2n) is 4.85. The summed E-state index contributed by atoms with van der Waals surface area (Å²) in [4.78, 5) is 0. The van der Waals surface area contributed by atoms with Gasteiger partial charge in [0.15, 0.2) is 0 Å². The number of phenolic OH excluding ortho intramolecular Hbond substituents is 1. The summed E-state index contributed by atoms with van der Waals surface area (Å²) in [5, 5.41) is 13.1. The molecule has 1 aromatic carbocycles. The lowest BCUT2D eigenvalue weighted by molar-refractivity contribution is 0.0547. The van der Waals surface area contributed by atoms with E-state index in [2.05, 4.69) is 5.32 Å². The van der Waals surface area contributed by atoms with Gasteiger partial charge in [0, 0.05) is 25.3 Å². The highest BCUT2D eigenvalue weighted by Crippen LogP contribution is 2.18. The fraction of sp³-hybridized carbons (Fsp3) is 0.571. The van der Waals surface area contributed by atoms with E-state index < -0.39 is 0 Å². The summed E-state index contributed by atoms with van der Waals surface area (Å²) in [5.74, 6) is 0.999. The Morgan fingerprint density at radius 3 is 3.12 bits per heavy atom. The van der Waals surface area contributed by atoms with Crippen LogP contribution in [0.2, 0.25) is 0 Å². The van der Waals surface area contributed by atoms with Crippen LogP contribution in [-0.2, 0) is 11.3 Å². The zero-order valence-corrected chi connectivity index (χ0v) is 10.4. The SMILES string of the molecule is Cc1ccc(O)c(CNCC2CCCOC2)c1. The number of benzene rings is 1. The van der Waals surface area contributed by atoms with Gasteiger partial charge in [-0.05, 0) is 31.7 Å². The van der Waals surface area contributed by atoms with E-state index in [0.29, 0.717) is 11.7 Å². The maximum absolute atomic E-state index is 9.71. The highest BCUT2D eigenvalue weighted by Gasteiger charge is 2.13. The summed E-state index contributed by atoms with van der Waals surface area (Å²) in [6, 6.07) is 5.71. The maximum atomic E-state index is 9.71. The number of aromatic hydroxyl groups is 1. The first kappa shape index (κ1) is 12.4. The fourth-order valence-electron chi connectivity index (χ4n) is 2.24. The molecule has 1 atom stereocenters. The molecular weight excluding hydrogens is 214 g/mol. The van der Waals surface area contributed by atoms with Gasteiger partial charge in [0.1, 0.15) is 5.75 Å². The molecule has 2 N–H and O–H groups in total. The van der Waals surface area contributed by atoms with Crippen molar-refractivity contribution in [2.75, 3.05) is 19.8 Å². The van der Waals surface area contributed by atoms with Gasteiger partial charge < -0.3 is 15.2 Å². The zero-order valence-electron chi connectivity index (χ0n) is 10.4. The summed E-state index contributed by atoms with van der Waals surface area (Å²) < 4.78 is 5.44. The fourth-order valence-corrected chi connectivity index (χ4v) is 2.24. The molecule has 0 aromatic heterocycles. The van der Waals surface area contributed by atoms with Crippen molar-refractivity contribution in [1.29, 1.82) is 0 Å². The quantitative estimate of drug-likeness (QED) is 0.840. The molecule has 3 heteroatoms. The lowest BCUT2D eigenvalue weighted by atomic mass is 10.0. The van der Waals surface area contributed by atoms with E-state index in [1.807, 2.05) is 19.1 Å². The van der Waals surface area contributed by atoms with Crippen molar-refractivity contribution in [2.24, 2.45) is 5.92 Å². The minimum Gasteiger partial charge on any atom is -0.508 e. The van der Waals surface area contributed by atoms with Gasteiger partial charge in [0.05, 0.1) is 6.61 Å². The van der Waals surface area contributed by atoms with Crippen LogP contribution in [0.25, 0.3) is 0 Å². The Morgan fingerprint density at radius 2 is 2.35 bits per heavy atom. The number of hydrogen-bond donors (Lipinski definition) is 2. The first-order valence-corrected chi connectivity index (χ1v) is 6.32. The van der Waals surface area contributed by atoms with Crippen LogP contribution in [-0.4, -0.2) is 24.9 Å². The standard InChI is InChI=1S/C14H21NO2/c1-11-4-5-14(16)13(7-11)9-15-8-12-3-2-6-17-10-12/h4-5,7,12,15-16H,2-3,6,8-10H2,1H3. The molecule has 0 aliphatic carbocycles. The second kappa shape index (κ2) is 6.03. The van der Waals surface area contributed by atoms with Gasteiger partial charge in [-0.2, -0.15) is 0 Å². The van der Waals surface area contributed by atoms with E-state index in [1.165, 1.54) is 18.4 Å². The van der Waals surface area contributed by atoms with Crippen LogP contribution >= 0.6 is 0 Å². The summed E-state index contributed by atoms with van der Waals surface area (Å²) in [7, 11) is 0. The number of rotatable bonds is 4. The van der Waals surface area contributed by atoms with Crippen molar-refractivity contribution in [3.8, 4) is 5.75 Å². The van der Waals surface area contributed by atoms with Crippen LogP contribution in [0, 0.1) is 12.8 Å². The van der Waals surface area contributed by atoms with Gasteiger partial charge in [-0.25, -0.2) is 0 Å². The largest absolute Gasteiger partial charge is 0.508 e. The molecule has 3 nitrogen and oxygen atoms in total. The molecule has 1 heterocycles. The Kier molecular flexibility index (Phi) is 4.40. The molecule has 1 unspecified atom stereocenters. The van der Waals surface area contributed by atoms with E-state index >= 15 is 0 Å². The van der Waals surface area contributed by atoms with E-state index in [4.69, 9.17) is 4.74 Å². The first-order chi connectivity index (χ1) is 8.25. The van der Waals surface area contributed by atoms with Crippen LogP contribution in [0.15, 0.2) is 18.2 Å². The Morgan fingerprint density at radius 1 is 1.47 bits per heavy atom. The number of phenols is 1. The molecule has 94 valence electrons. The third-order valence-corrected chi connectivity index (χ3v) is 3.24. The lowest BCUT2D eigenvalue weighted by Gasteiger charge is -2.22. The van der Waals surface area contributed by atoms with Gasteiger partial charge in [-0.1, -0.05) is 17.7 Å². The average Bonchev–Trinajstić information content (AvgIpc) is 2.35. The Bertz CT molecular complexity index is 359. The molecule has 0 spiro atoms. The number of aryl methyl sites for hydroxylation is 1. The Hall–Kier alpha value is -1.06. The summed E-state index contributed by atoms with van der Waals surface area (Å²) >= 11 is 0. The third-order valence-electron chi connectivity index (χ3n) is 3.24. The van der Waals surface area contributed by atoms with E-state index in [0.717, 1.165) is 31.9 Å². The number of hydrogen-bond acceptors (Lipinski definition) is 3. The molecule has 2 rings (SSSR count). The monoisotopic (exact) mass is 235 g/mol. The smallest absolute Gasteiger partial charge is 0.120 e. The van der Waals surface area contributed by atoms with Crippen molar-refractivity contribution in [1.82, 2.24) is 5.32 Å². The van der Waals surface area contributed by atoms with Gasteiger partial charge in [-0.3, -0.25) is 0 Å². The molecule has 0 amide bonds. The van der Waals surface area contributed by atoms with Crippen molar-refractivity contribution in [3.05, 3.63) is 29.3 Å². The second-order valence-corrected chi connectivity index (χ2v) is 4.85. The molecule has 1 aliphatic rings. The third kappa shape index (κ3) is 3.72. The molecular formula is C14H21NO2. The predicted molar refractivity (Wildman–Crippen MR) is 68.1 cm³/mol. The zero-order chi connectivity index (χ0) is 12.1. The number of nitrogens with one attached hydrogen (secondary N) is 1. The predicted octanol–water partition coefficient (Wildman–Crippen LogP) is 2.22. The Balaban J connectivity index is 1.79. The molecule has 0 saturated carbocycles. The van der Waals surface area contributed by atoms with Crippen LogP contribution in [0.3, 0.4) is 0 Å². The maximum Gasteiger partial charge on any atom is 0.120 e. The molecule has 1 aromatic rings. The van der Waals surface area contributed by atoms with Crippen LogP contribution < -0.4 is 5.32 Å². The van der Waals surface area contributed by atoms with Crippen molar-refractivity contribution in [2.45, 2.75) is 26.3 Å². The first-order valence-electron chi connectivity index (χ1n) is 6.32. The summed E-state index contributed by atoms with van der Waals surface area (Å²) in [6.07, 6.45) is 2.41. The summed E-state index contributed by atoms with van der Waals surface area (Å²) in [6.45, 7) is 5.51. The highest BCUT2D eigenvalue weighted by molar-refractivity contribution is 5.35. The van der Waals surface area contributed by atoms with Gasteiger partial charge in [0.25, 0.3) is 0 Å². The molecule has 0 radical (unpaired) electrons. The lowest BCUT2D eigenvalue weighted by Crippen LogP contribution is -2.28. The van der Waals surface area contributed by atoms with Crippen molar-refractivity contribution in [3.63, 3.8) is 0 Å². The van der Waals surface area contributed by atoms with Crippen molar-refractivity contribution >= 4 is 0 Å². The van der Waals surface area contributed by atoms with Gasteiger partial charge in [0.2, 0.25) is 0 Å². The van der Waals surface area contributed by atoms with Crippen LogP contribution in [0.4, 0.5) is 0 Å². The molecule has 0 bridgehead atoms. The molecule has 1 aliphatic heterocycles. The summed E-state index contributed by atoms with van der Waals surface area (Å²) in [5.41, 5.74) is 2.15. The highest BCUT2D eigenvalue weighted by atomic mass is 16.5. The normalized spacial score (nSPS) is 20.4. The van der Waals surface area contributed by atoms with E-state index in [-0.39, 0.29) is 0 Å². The number of ether oxygens (including phenoxy) is 1. The molecule has 1 fully saturated rings. The minimum atomic E-state index is 0.378. The minimum absolute atomic E-state index is 0.378. The van der Waals surface area contributed by atoms with Gasteiger partial charge in [-0.15, -0.1) is 0 Å². The van der Waals surface area contributed by atoms with Gasteiger partial charge >= 0.3 is 0 Å².